The van der Waals surface area contributed by atoms with Gasteiger partial charge in [-0.15, -0.1) is 0 Å². The number of carbonyl (C=O) groups is 2. The summed E-state index contributed by atoms with van der Waals surface area (Å²) in [5.41, 5.74) is 1.90. The lowest BCUT2D eigenvalue weighted by Crippen LogP contribution is -2.60. The normalized spacial score (nSPS) is 48.8. The molecule has 1 aliphatic heterocycles. The van der Waals surface area contributed by atoms with E-state index < -0.39 is 11.5 Å². The maximum absolute atomic E-state index is 13.8. The SMILES string of the molecule is CC(C)=CCC[C@@H]1C(=O)O[C@@H]2C[C@]3(C)C4=CC(=O)[C@H]5C(C)(C)C(O)CC[C@]5(C)[C@@H]4CC[C@@]3(C)[C@@H]12. The van der Waals surface area contributed by atoms with E-state index in [1.54, 1.807) is 0 Å². The highest BCUT2D eigenvalue weighted by Gasteiger charge is 2.71. The van der Waals surface area contributed by atoms with Crippen LogP contribution in [0.1, 0.15) is 93.4 Å². The van der Waals surface area contributed by atoms with Crippen LogP contribution in [0.2, 0.25) is 0 Å². The average Bonchev–Trinajstić information content (AvgIpc) is 3.15. The molecule has 188 valence electrons. The molecule has 1 N–H and O–H groups in total. The molecular weight excluding hydrogens is 424 g/mol. The molecule has 0 amide bonds. The lowest BCUT2D eigenvalue weighted by molar-refractivity contribution is -0.158. The number of rotatable bonds is 3. The van der Waals surface area contributed by atoms with Crippen LogP contribution in [0.3, 0.4) is 0 Å². The molecule has 0 radical (unpaired) electrons. The Kier molecular flexibility index (Phi) is 5.39. The molecule has 5 aliphatic rings. The van der Waals surface area contributed by atoms with Crippen molar-refractivity contribution >= 4 is 11.8 Å². The van der Waals surface area contributed by atoms with Crippen LogP contribution < -0.4 is 0 Å². The third-order valence-corrected chi connectivity index (χ3v) is 11.6. The summed E-state index contributed by atoms with van der Waals surface area (Å²) >= 11 is 0. The van der Waals surface area contributed by atoms with E-state index >= 15 is 0 Å². The fourth-order valence-corrected chi connectivity index (χ4v) is 9.72. The second-order valence-electron chi connectivity index (χ2n) is 13.8. The maximum Gasteiger partial charge on any atom is 0.309 e. The summed E-state index contributed by atoms with van der Waals surface area (Å²) < 4.78 is 6.06. The number of ether oxygens (including phenoxy) is 1. The van der Waals surface area contributed by atoms with Crippen molar-refractivity contribution in [2.75, 3.05) is 0 Å². The van der Waals surface area contributed by atoms with Crippen molar-refractivity contribution in [1.29, 1.82) is 0 Å². The van der Waals surface area contributed by atoms with E-state index in [1.165, 1.54) is 11.1 Å². The van der Waals surface area contributed by atoms with Crippen molar-refractivity contribution < 1.29 is 19.4 Å². The highest BCUT2D eigenvalue weighted by atomic mass is 16.6. The van der Waals surface area contributed by atoms with Gasteiger partial charge < -0.3 is 9.84 Å². The first-order valence-electron chi connectivity index (χ1n) is 13.6. The van der Waals surface area contributed by atoms with Gasteiger partial charge in [0, 0.05) is 17.3 Å². The molecule has 9 atom stereocenters. The highest BCUT2D eigenvalue weighted by molar-refractivity contribution is 5.95. The van der Waals surface area contributed by atoms with Crippen LogP contribution in [0.25, 0.3) is 0 Å². The largest absolute Gasteiger partial charge is 0.462 e. The summed E-state index contributed by atoms with van der Waals surface area (Å²) in [4.78, 5) is 26.7. The molecule has 34 heavy (non-hydrogen) atoms. The predicted octanol–water partition coefficient (Wildman–Crippen LogP) is 6.03. The maximum atomic E-state index is 13.8. The Morgan fingerprint density at radius 3 is 2.50 bits per heavy atom. The van der Waals surface area contributed by atoms with Gasteiger partial charge in [-0.25, -0.2) is 0 Å². The summed E-state index contributed by atoms with van der Waals surface area (Å²) in [5, 5.41) is 10.8. The number of esters is 1. The summed E-state index contributed by atoms with van der Waals surface area (Å²) in [6.07, 6.45) is 10.2. The Morgan fingerprint density at radius 2 is 1.82 bits per heavy atom. The van der Waals surface area contributed by atoms with Gasteiger partial charge in [0.2, 0.25) is 0 Å². The second kappa shape index (κ2) is 7.54. The van der Waals surface area contributed by atoms with Crippen LogP contribution in [-0.2, 0) is 14.3 Å². The smallest absolute Gasteiger partial charge is 0.309 e. The van der Waals surface area contributed by atoms with Crippen LogP contribution in [0.15, 0.2) is 23.3 Å². The van der Waals surface area contributed by atoms with E-state index in [0.717, 1.165) is 44.9 Å². The average molecular weight is 469 g/mol. The number of hydrogen-bond donors (Lipinski definition) is 1. The Morgan fingerprint density at radius 1 is 1.12 bits per heavy atom. The van der Waals surface area contributed by atoms with Crippen LogP contribution in [-0.4, -0.2) is 29.1 Å². The summed E-state index contributed by atoms with van der Waals surface area (Å²) in [6.45, 7) is 15.5. The van der Waals surface area contributed by atoms with Crippen molar-refractivity contribution in [3.8, 4) is 0 Å². The molecule has 5 rings (SSSR count). The number of allylic oxidation sites excluding steroid dienone is 4. The zero-order chi connectivity index (χ0) is 24.8. The lowest BCUT2D eigenvalue weighted by atomic mass is 9.40. The highest BCUT2D eigenvalue weighted by Crippen LogP contribution is 2.74. The van der Waals surface area contributed by atoms with Gasteiger partial charge in [-0.2, -0.15) is 0 Å². The summed E-state index contributed by atoms with van der Waals surface area (Å²) in [6, 6.07) is 0. The number of aliphatic hydroxyl groups is 1. The predicted molar refractivity (Wildman–Crippen MR) is 133 cm³/mol. The molecule has 0 aromatic carbocycles. The van der Waals surface area contributed by atoms with Gasteiger partial charge in [0.15, 0.2) is 5.78 Å². The van der Waals surface area contributed by atoms with Crippen LogP contribution in [0.4, 0.5) is 0 Å². The van der Waals surface area contributed by atoms with Crippen molar-refractivity contribution in [3.05, 3.63) is 23.3 Å². The minimum atomic E-state index is -0.430. The van der Waals surface area contributed by atoms with Crippen molar-refractivity contribution in [3.63, 3.8) is 0 Å². The number of carbonyl (C=O) groups excluding carboxylic acids is 2. The third kappa shape index (κ3) is 2.99. The van der Waals surface area contributed by atoms with Crippen LogP contribution >= 0.6 is 0 Å². The first-order valence-corrected chi connectivity index (χ1v) is 13.6. The number of ketones is 1. The van der Waals surface area contributed by atoms with Crippen molar-refractivity contribution in [2.24, 2.45) is 45.3 Å². The minimum Gasteiger partial charge on any atom is -0.462 e. The molecule has 0 aromatic rings. The summed E-state index contributed by atoms with van der Waals surface area (Å²) in [5.74, 6) is 0.599. The zero-order valence-electron chi connectivity index (χ0n) is 22.2. The fraction of sp³-hybridized carbons (Fsp3) is 0.800. The van der Waals surface area contributed by atoms with Crippen molar-refractivity contribution in [2.45, 2.75) is 106 Å². The molecular formula is C30H44O4. The van der Waals surface area contributed by atoms with E-state index in [1.807, 2.05) is 6.08 Å². The monoisotopic (exact) mass is 468 g/mol. The zero-order valence-corrected chi connectivity index (χ0v) is 22.2. The van der Waals surface area contributed by atoms with Gasteiger partial charge in [-0.3, -0.25) is 9.59 Å². The van der Waals surface area contributed by atoms with E-state index in [0.29, 0.717) is 5.92 Å². The Labute approximate surface area is 205 Å². The lowest BCUT2D eigenvalue weighted by Gasteiger charge is -2.63. The molecule has 4 fully saturated rings. The van der Waals surface area contributed by atoms with Gasteiger partial charge >= 0.3 is 5.97 Å². The second-order valence-corrected chi connectivity index (χ2v) is 13.8. The Bertz CT molecular complexity index is 970. The molecule has 1 heterocycles. The topological polar surface area (TPSA) is 63.6 Å². The first kappa shape index (κ1) is 24.3. The fourth-order valence-electron chi connectivity index (χ4n) is 9.72. The molecule has 4 heteroatoms. The van der Waals surface area contributed by atoms with E-state index in [9.17, 15) is 14.7 Å². The quantitative estimate of drug-likeness (QED) is 0.406. The van der Waals surface area contributed by atoms with E-state index in [4.69, 9.17) is 4.74 Å². The Balaban J connectivity index is 1.53. The van der Waals surface area contributed by atoms with E-state index in [-0.39, 0.29) is 51.9 Å². The molecule has 0 spiro atoms. The molecule has 0 bridgehead atoms. The number of fused-ring (bicyclic) bond motifs is 7. The number of hydrogen-bond acceptors (Lipinski definition) is 4. The van der Waals surface area contributed by atoms with E-state index in [2.05, 4.69) is 54.5 Å². The van der Waals surface area contributed by atoms with Crippen LogP contribution in [0.5, 0.6) is 0 Å². The van der Waals surface area contributed by atoms with Crippen LogP contribution in [0, 0.1) is 45.3 Å². The molecule has 3 saturated carbocycles. The number of aliphatic hydroxyl groups excluding tert-OH is 1. The van der Waals surface area contributed by atoms with Gasteiger partial charge in [0.1, 0.15) is 6.10 Å². The standard InChI is InChI=1S/C30H44O4/c1-17(2)9-8-10-18-24-22(34-26(18)33)16-30(7)20-15-21(31)25-27(3,4)23(32)12-13-28(25,5)19(20)11-14-29(24,30)6/h9,15,18-19,22-25,32H,8,10-14,16H2,1-7H3/t18-,19+,22+,23?,24-,25-,28+,29-,30+/m0/s1. The summed E-state index contributed by atoms with van der Waals surface area (Å²) in [7, 11) is 0. The molecule has 4 nitrogen and oxygen atoms in total. The molecule has 1 saturated heterocycles. The Hall–Kier alpha value is -1.42. The first-order chi connectivity index (χ1) is 15.8. The van der Waals surface area contributed by atoms with Gasteiger partial charge in [0.05, 0.1) is 12.0 Å². The molecule has 1 unspecified atom stereocenters. The molecule has 4 aliphatic carbocycles. The third-order valence-electron chi connectivity index (χ3n) is 11.6. The van der Waals surface area contributed by atoms with Gasteiger partial charge in [-0.05, 0) is 87.0 Å². The van der Waals surface area contributed by atoms with Gasteiger partial charge in [0.25, 0.3) is 0 Å². The van der Waals surface area contributed by atoms with Crippen molar-refractivity contribution in [1.82, 2.24) is 0 Å². The molecule has 0 aromatic heterocycles. The minimum absolute atomic E-state index is 0.00806. The van der Waals surface area contributed by atoms with Gasteiger partial charge in [-0.1, -0.05) is 51.8 Å².